The lowest BCUT2D eigenvalue weighted by Gasteiger charge is -2.20. The fourth-order valence-corrected chi connectivity index (χ4v) is 5.36. The van der Waals surface area contributed by atoms with Crippen molar-refractivity contribution in [1.29, 1.82) is 0 Å². The van der Waals surface area contributed by atoms with Crippen LogP contribution in [0.3, 0.4) is 0 Å². The van der Waals surface area contributed by atoms with Crippen molar-refractivity contribution >= 4 is 41.0 Å². The quantitative estimate of drug-likeness (QED) is 0.313. The van der Waals surface area contributed by atoms with Gasteiger partial charge in [-0.3, -0.25) is 4.40 Å². The molecule has 0 spiro atoms. The van der Waals surface area contributed by atoms with E-state index in [9.17, 15) is 0 Å². The summed E-state index contributed by atoms with van der Waals surface area (Å²) in [6, 6.07) is 3.80. The number of aromatic nitrogens is 2. The molecule has 0 saturated heterocycles. The first-order valence-electron chi connectivity index (χ1n) is 12.4. The van der Waals surface area contributed by atoms with Crippen molar-refractivity contribution in [3.63, 3.8) is 0 Å². The molecule has 2 heterocycles. The highest BCUT2D eigenvalue weighted by Crippen LogP contribution is 2.46. The Kier molecular flexibility index (Phi) is 9.90. The SMILES string of the molecule is C/C=c1/cc(-c2c(Cl)c(OC)cc(OC)c2Cl)c2nc(CCCN(CCC)CCC)cn2/c1=C\C. The largest absolute Gasteiger partial charge is 0.495 e. The van der Waals surface area contributed by atoms with Gasteiger partial charge in [-0.25, -0.2) is 4.98 Å². The van der Waals surface area contributed by atoms with Gasteiger partial charge in [0, 0.05) is 28.7 Å². The van der Waals surface area contributed by atoms with Crippen molar-refractivity contribution in [1.82, 2.24) is 14.3 Å². The highest BCUT2D eigenvalue weighted by molar-refractivity contribution is 6.41. The lowest BCUT2D eigenvalue weighted by atomic mass is 10.0. The van der Waals surface area contributed by atoms with Crippen LogP contribution in [0.1, 0.15) is 52.7 Å². The Morgan fingerprint density at radius 3 is 2.09 bits per heavy atom. The molecule has 0 bridgehead atoms. The molecule has 35 heavy (non-hydrogen) atoms. The van der Waals surface area contributed by atoms with Crippen LogP contribution in [0, 0.1) is 0 Å². The minimum Gasteiger partial charge on any atom is -0.495 e. The van der Waals surface area contributed by atoms with Gasteiger partial charge in [-0.05, 0) is 70.5 Å². The number of methoxy groups -OCH3 is 2. The predicted octanol–water partition coefficient (Wildman–Crippen LogP) is 5.98. The zero-order valence-corrected chi connectivity index (χ0v) is 23.3. The molecule has 0 aliphatic rings. The fraction of sp³-hybridized carbons (Fsp3) is 0.464. The summed E-state index contributed by atoms with van der Waals surface area (Å²) >= 11 is 13.6. The number of nitrogens with zero attached hydrogens (tertiary/aromatic N) is 3. The molecule has 0 atom stereocenters. The van der Waals surface area contributed by atoms with E-state index < -0.39 is 0 Å². The van der Waals surface area contributed by atoms with E-state index in [1.165, 1.54) is 12.8 Å². The Bertz CT molecular complexity index is 1250. The van der Waals surface area contributed by atoms with Crippen molar-refractivity contribution in [2.45, 2.75) is 53.4 Å². The van der Waals surface area contributed by atoms with E-state index in [-0.39, 0.29) is 0 Å². The average molecular weight is 519 g/mol. The van der Waals surface area contributed by atoms with Crippen LogP contribution in [-0.4, -0.2) is 48.1 Å². The molecule has 0 amide bonds. The van der Waals surface area contributed by atoms with Crippen molar-refractivity contribution < 1.29 is 9.47 Å². The average Bonchev–Trinajstić information content (AvgIpc) is 3.28. The van der Waals surface area contributed by atoms with Gasteiger partial charge in [-0.1, -0.05) is 49.2 Å². The van der Waals surface area contributed by atoms with E-state index >= 15 is 0 Å². The third-order valence-corrected chi connectivity index (χ3v) is 7.02. The van der Waals surface area contributed by atoms with Crippen LogP contribution < -0.4 is 20.0 Å². The maximum Gasteiger partial charge on any atom is 0.145 e. The van der Waals surface area contributed by atoms with Crippen molar-refractivity contribution in [3.05, 3.63) is 44.6 Å². The van der Waals surface area contributed by atoms with Crippen LogP contribution in [-0.2, 0) is 6.42 Å². The third kappa shape index (κ3) is 5.79. The Balaban J connectivity index is 2.16. The molecular weight excluding hydrogens is 481 g/mol. The molecule has 7 heteroatoms. The molecule has 0 aliphatic carbocycles. The molecule has 0 fully saturated rings. The fourth-order valence-electron chi connectivity index (χ4n) is 4.65. The highest BCUT2D eigenvalue weighted by Gasteiger charge is 2.22. The summed E-state index contributed by atoms with van der Waals surface area (Å²) in [5, 5.41) is 3.04. The zero-order valence-electron chi connectivity index (χ0n) is 21.8. The first kappa shape index (κ1) is 27.4. The van der Waals surface area contributed by atoms with Crippen LogP contribution in [0.2, 0.25) is 10.0 Å². The first-order valence-corrected chi connectivity index (χ1v) is 13.2. The Morgan fingerprint density at radius 2 is 1.57 bits per heavy atom. The molecule has 0 aliphatic heterocycles. The Morgan fingerprint density at radius 1 is 0.943 bits per heavy atom. The monoisotopic (exact) mass is 517 g/mol. The van der Waals surface area contributed by atoms with Crippen LogP contribution in [0.15, 0.2) is 18.3 Å². The minimum atomic E-state index is 0.440. The van der Waals surface area contributed by atoms with Gasteiger partial charge in [0.2, 0.25) is 0 Å². The number of halogens is 2. The molecule has 0 unspecified atom stereocenters. The van der Waals surface area contributed by atoms with Crippen molar-refractivity contribution in [2.75, 3.05) is 33.9 Å². The summed E-state index contributed by atoms with van der Waals surface area (Å²) in [6.45, 7) is 11.9. The molecule has 5 nitrogen and oxygen atoms in total. The predicted molar refractivity (Wildman–Crippen MR) is 149 cm³/mol. The van der Waals surface area contributed by atoms with Gasteiger partial charge in [-0.15, -0.1) is 0 Å². The van der Waals surface area contributed by atoms with E-state index in [0.717, 1.165) is 59.9 Å². The topological polar surface area (TPSA) is 39.0 Å². The molecule has 1 aromatic carbocycles. The second kappa shape index (κ2) is 12.7. The van der Waals surface area contributed by atoms with E-state index in [4.69, 9.17) is 37.7 Å². The minimum absolute atomic E-state index is 0.440. The Labute approximate surface area is 219 Å². The van der Waals surface area contributed by atoms with E-state index in [2.05, 4.69) is 47.6 Å². The number of imidazole rings is 1. The summed E-state index contributed by atoms with van der Waals surface area (Å²) in [4.78, 5) is 7.61. The number of hydrogen-bond acceptors (Lipinski definition) is 4. The van der Waals surface area contributed by atoms with Crippen LogP contribution >= 0.6 is 23.2 Å². The number of rotatable bonds is 11. The molecule has 0 radical (unpaired) electrons. The lowest BCUT2D eigenvalue weighted by molar-refractivity contribution is 0.271. The van der Waals surface area contributed by atoms with Crippen LogP contribution in [0.4, 0.5) is 0 Å². The molecule has 3 rings (SSSR count). The van der Waals surface area contributed by atoms with Crippen molar-refractivity contribution in [2.24, 2.45) is 0 Å². The molecule has 2 aromatic heterocycles. The zero-order chi connectivity index (χ0) is 25.5. The first-order chi connectivity index (χ1) is 16.9. The van der Waals surface area contributed by atoms with E-state index in [0.29, 0.717) is 27.1 Å². The molecule has 3 aromatic rings. The Hall–Kier alpha value is -2.21. The summed E-state index contributed by atoms with van der Waals surface area (Å²) in [6.07, 6.45) is 10.7. The van der Waals surface area contributed by atoms with Gasteiger partial charge in [-0.2, -0.15) is 0 Å². The van der Waals surface area contributed by atoms with Gasteiger partial charge in [0.1, 0.15) is 17.1 Å². The summed E-state index contributed by atoms with van der Waals surface area (Å²) in [5.41, 5.74) is 3.38. The number of ether oxygens (including phenoxy) is 2. The van der Waals surface area contributed by atoms with Gasteiger partial charge >= 0.3 is 0 Å². The normalized spacial score (nSPS) is 12.8. The number of hydrogen-bond donors (Lipinski definition) is 0. The van der Waals surface area contributed by atoms with E-state index in [1.807, 2.05) is 13.8 Å². The lowest BCUT2D eigenvalue weighted by Crippen LogP contribution is -2.31. The van der Waals surface area contributed by atoms with Crippen LogP contribution in [0.25, 0.3) is 28.9 Å². The number of benzene rings is 1. The van der Waals surface area contributed by atoms with Gasteiger partial charge in [0.05, 0.1) is 30.0 Å². The summed E-state index contributed by atoms with van der Waals surface area (Å²) in [5.74, 6) is 1.01. The molecular formula is C28H37Cl2N3O2. The molecule has 0 saturated carbocycles. The molecule has 0 N–H and O–H groups in total. The smallest absolute Gasteiger partial charge is 0.145 e. The van der Waals surface area contributed by atoms with Crippen LogP contribution in [0.5, 0.6) is 11.5 Å². The van der Waals surface area contributed by atoms with Gasteiger partial charge < -0.3 is 14.4 Å². The van der Waals surface area contributed by atoms with Gasteiger partial charge in [0.25, 0.3) is 0 Å². The van der Waals surface area contributed by atoms with Crippen molar-refractivity contribution in [3.8, 4) is 22.6 Å². The maximum atomic E-state index is 6.81. The number of aryl methyl sites for hydroxylation is 1. The second-order valence-electron chi connectivity index (χ2n) is 8.63. The summed E-state index contributed by atoms with van der Waals surface area (Å²) in [7, 11) is 3.17. The highest BCUT2D eigenvalue weighted by atomic mass is 35.5. The second-order valence-corrected chi connectivity index (χ2v) is 9.39. The van der Waals surface area contributed by atoms with Gasteiger partial charge in [0.15, 0.2) is 0 Å². The summed E-state index contributed by atoms with van der Waals surface area (Å²) < 4.78 is 13.2. The molecule has 190 valence electrons. The number of fused-ring (bicyclic) bond motifs is 1. The third-order valence-electron chi connectivity index (χ3n) is 6.27. The number of pyridine rings is 1. The maximum absolute atomic E-state index is 6.81. The standard InChI is InChI=1S/C28H37Cl2N3O2/c1-7-13-32(14-8-2)15-11-12-20-18-33-22(10-4)19(9-3)16-21(28(33)31-20)25-26(29)23(34-5)17-24(35-6)27(25)30/h9-10,16-18H,7-8,11-15H2,1-6H3/b19-9-,22-10-. The van der Waals surface area contributed by atoms with E-state index in [1.54, 1.807) is 20.3 Å².